The first kappa shape index (κ1) is 29.7. The number of hydrogen-bond donors (Lipinski definition) is 2. The Hall–Kier alpha value is -1.00. The number of carbonyl (C=O) groups excluding carboxylic acids is 2. The van der Waals surface area contributed by atoms with Crippen molar-refractivity contribution in [3.05, 3.63) is 11.6 Å². The van der Waals surface area contributed by atoms with Crippen LogP contribution < -0.4 is 0 Å². The molecule has 4 nitrogen and oxygen atoms in total. The summed E-state index contributed by atoms with van der Waals surface area (Å²) in [4.78, 5) is 23.7. The van der Waals surface area contributed by atoms with E-state index in [9.17, 15) is 19.8 Å². The van der Waals surface area contributed by atoms with E-state index in [0.717, 1.165) is 81.0 Å². The molecule has 42 heavy (non-hydrogen) atoms. The van der Waals surface area contributed by atoms with Gasteiger partial charge in [0.25, 0.3) is 0 Å². The van der Waals surface area contributed by atoms with Crippen LogP contribution in [0.25, 0.3) is 0 Å². The highest BCUT2D eigenvalue weighted by Crippen LogP contribution is 2.67. The highest BCUT2D eigenvalue weighted by atomic mass is 16.3. The Bertz CT molecular complexity index is 1140. The minimum Gasteiger partial charge on any atom is -0.393 e. The Kier molecular flexibility index (Phi) is 7.26. The van der Waals surface area contributed by atoms with Crippen LogP contribution in [-0.2, 0) is 9.59 Å². The zero-order chi connectivity index (χ0) is 29.7. The van der Waals surface area contributed by atoms with Gasteiger partial charge in [-0.25, -0.2) is 0 Å². The van der Waals surface area contributed by atoms with Gasteiger partial charge in [-0.05, 0) is 159 Å². The number of aliphatic hydroxyl groups is 2. The van der Waals surface area contributed by atoms with Crippen molar-refractivity contribution in [3.8, 4) is 0 Å². The standard InChI is InChI=1S/C19H30O2.C19H28O2/c2*1-18-9-7-13(20)11-12(18)3-4-14-15-5-6-17(21)19(15,2)10-8-16(14)18/h12,14-17,21H,3-11H2,1-2H3;11,14-17,21H,3-10H2,1-2H3/t12?,14-,15-,16-,17-,18-,19-;14-,15-,16-,17-,18-,19-/m00/s1. The number of ketones is 2. The summed E-state index contributed by atoms with van der Waals surface area (Å²) in [6, 6.07) is 0. The molecule has 7 saturated carbocycles. The summed E-state index contributed by atoms with van der Waals surface area (Å²) in [5.74, 6) is 6.10. The number of aliphatic hydroxyl groups excluding tert-OH is 2. The topological polar surface area (TPSA) is 74.6 Å². The van der Waals surface area contributed by atoms with Crippen molar-refractivity contribution >= 4 is 11.6 Å². The summed E-state index contributed by atoms with van der Waals surface area (Å²) < 4.78 is 0. The summed E-state index contributed by atoms with van der Waals surface area (Å²) in [6.45, 7) is 9.61. The number of Topliss-reactive ketones (excluding diaryl/α,β-unsaturated/α-hetero) is 1. The van der Waals surface area contributed by atoms with Gasteiger partial charge >= 0.3 is 0 Å². The number of carbonyl (C=O) groups is 2. The zero-order valence-corrected chi connectivity index (χ0v) is 27.0. The van der Waals surface area contributed by atoms with Crippen LogP contribution in [0.15, 0.2) is 11.6 Å². The van der Waals surface area contributed by atoms with Crippen LogP contribution in [0.3, 0.4) is 0 Å². The molecule has 0 amide bonds. The van der Waals surface area contributed by atoms with Gasteiger partial charge in [0.05, 0.1) is 12.2 Å². The van der Waals surface area contributed by atoms with Crippen LogP contribution in [0.4, 0.5) is 0 Å². The van der Waals surface area contributed by atoms with Crippen molar-refractivity contribution in [1.82, 2.24) is 0 Å². The van der Waals surface area contributed by atoms with Crippen molar-refractivity contribution < 1.29 is 19.8 Å². The van der Waals surface area contributed by atoms with E-state index in [1.165, 1.54) is 63.4 Å². The van der Waals surface area contributed by atoms with Gasteiger partial charge in [-0.15, -0.1) is 0 Å². The molecule has 2 N–H and O–H groups in total. The molecular formula is C38H58O4. The molecule has 8 aliphatic carbocycles. The largest absolute Gasteiger partial charge is 0.393 e. The molecule has 234 valence electrons. The maximum atomic E-state index is 11.9. The third-order valence-corrected chi connectivity index (χ3v) is 16.3. The number of rotatable bonds is 0. The molecule has 0 bridgehead atoms. The quantitative estimate of drug-likeness (QED) is 0.307. The fraction of sp³-hybridized carbons (Fsp3) is 0.895. The Morgan fingerprint density at radius 2 is 1.19 bits per heavy atom. The monoisotopic (exact) mass is 578 g/mol. The maximum Gasteiger partial charge on any atom is 0.155 e. The molecule has 4 heteroatoms. The van der Waals surface area contributed by atoms with E-state index in [2.05, 4.69) is 27.7 Å². The van der Waals surface area contributed by atoms with E-state index >= 15 is 0 Å². The summed E-state index contributed by atoms with van der Waals surface area (Å²) in [5.41, 5.74) is 2.48. The van der Waals surface area contributed by atoms with Crippen LogP contribution in [0, 0.1) is 63.1 Å². The molecule has 8 rings (SSSR count). The molecule has 0 aromatic rings. The molecule has 0 heterocycles. The van der Waals surface area contributed by atoms with Gasteiger partial charge < -0.3 is 10.2 Å². The molecule has 7 fully saturated rings. The van der Waals surface area contributed by atoms with Crippen LogP contribution in [0.2, 0.25) is 0 Å². The average Bonchev–Trinajstić information content (AvgIpc) is 3.44. The van der Waals surface area contributed by atoms with E-state index in [1.807, 2.05) is 6.08 Å². The molecule has 0 aliphatic heterocycles. The van der Waals surface area contributed by atoms with Crippen molar-refractivity contribution in [1.29, 1.82) is 0 Å². The molecule has 0 spiro atoms. The fourth-order valence-electron chi connectivity index (χ4n) is 13.5. The van der Waals surface area contributed by atoms with E-state index in [-0.39, 0.29) is 28.5 Å². The first-order chi connectivity index (χ1) is 19.9. The van der Waals surface area contributed by atoms with E-state index in [1.54, 1.807) is 0 Å². The molecule has 8 aliphatic rings. The Morgan fingerprint density at radius 3 is 1.86 bits per heavy atom. The molecular weight excluding hydrogens is 520 g/mol. The maximum absolute atomic E-state index is 11.9. The zero-order valence-electron chi connectivity index (χ0n) is 27.0. The summed E-state index contributed by atoms with van der Waals surface area (Å²) in [7, 11) is 0. The van der Waals surface area contributed by atoms with Gasteiger partial charge in [-0.3, -0.25) is 9.59 Å². The normalized spacial score (nSPS) is 54.6. The van der Waals surface area contributed by atoms with E-state index in [4.69, 9.17) is 0 Å². The average molecular weight is 579 g/mol. The van der Waals surface area contributed by atoms with Crippen molar-refractivity contribution in [2.75, 3.05) is 0 Å². The third kappa shape index (κ3) is 4.26. The minimum absolute atomic E-state index is 0.0677. The van der Waals surface area contributed by atoms with Crippen molar-refractivity contribution in [2.24, 2.45) is 63.1 Å². The van der Waals surface area contributed by atoms with Crippen molar-refractivity contribution in [2.45, 2.75) is 149 Å². The first-order valence-corrected chi connectivity index (χ1v) is 18.0. The summed E-state index contributed by atoms with van der Waals surface area (Å²) in [6.07, 6.45) is 20.7. The van der Waals surface area contributed by atoms with Gasteiger partial charge in [-0.2, -0.15) is 0 Å². The van der Waals surface area contributed by atoms with Gasteiger partial charge in [-0.1, -0.05) is 33.3 Å². The van der Waals surface area contributed by atoms with Crippen LogP contribution in [0.5, 0.6) is 0 Å². The SMILES string of the molecule is C[C@]12CC[C@H]3[C@@H](CCC4=CC(=O)CC[C@@]43C)[C@@H]1CC[C@@H]2O.C[C@]12CC[C@H]3[C@@H](CCC4CC(=O)CC[C@@]43C)[C@@H]1CC[C@@H]2O. The van der Waals surface area contributed by atoms with Crippen LogP contribution in [-0.4, -0.2) is 34.0 Å². The Morgan fingerprint density at radius 1 is 0.595 bits per heavy atom. The lowest BCUT2D eigenvalue weighted by Gasteiger charge is -2.60. The minimum atomic E-state index is -0.0823. The van der Waals surface area contributed by atoms with Crippen LogP contribution in [0.1, 0.15) is 137 Å². The lowest BCUT2D eigenvalue weighted by Crippen LogP contribution is -2.54. The highest BCUT2D eigenvalue weighted by molar-refractivity contribution is 5.91. The predicted molar refractivity (Wildman–Crippen MR) is 165 cm³/mol. The Labute approximate surface area is 254 Å². The van der Waals surface area contributed by atoms with Crippen molar-refractivity contribution in [3.63, 3.8) is 0 Å². The lowest BCUT2D eigenvalue weighted by atomic mass is 9.45. The van der Waals surface area contributed by atoms with E-state index < -0.39 is 0 Å². The number of allylic oxidation sites excluding steroid dienone is 1. The second kappa shape index (κ2) is 10.3. The molecule has 13 atom stereocenters. The first-order valence-electron chi connectivity index (χ1n) is 18.0. The third-order valence-electron chi connectivity index (χ3n) is 16.3. The summed E-state index contributed by atoms with van der Waals surface area (Å²) >= 11 is 0. The lowest BCUT2D eigenvalue weighted by molar-refractivity contribution is -0.141. The second-order valence-corrected chi connectivity index (χ2v) is 17.6. The van der Waals surface area contributed by atoms with Gasteiger partial charge in [0, 0.05) is 19.3 Å². The molecule has 0 aromatic heterocycles. The number of fused-ring (bicyclic) bond motifs is 10. The summed E-state index contributed by atoms with van der Waals surface area (Å²) in [5, 5.41) is 20.9. The van der Waals surface area contributed by atoms with Gasteiger partial charge in [0.2, 0.25) is 0 Å². The molecule has 0 radical (unpaired) electrons. The van der Waals surface area contributed by atoms with Gasteiger partial charge in [0.15, 0.2) is 5.78 Å². The Balaban J connectivity index is 0.000000137. The highest BCUT2D eigenvalue weighted by Gasteiger charge is 2.61. The molecule has 0 saturated heterocycles. The fourth-order valence-corrected chi connectivity index (χ4v) is 13.5. The van der Waals surface area contributed by atoms with Crippen LogP contribution >= 0.6 is 0 Å². The molecule has 1 unspecified atom stereocenters. The van der Waals surface area contributed by atoms with E-state index in [0.29, 0.717) is 28.8 Å². The smallest absolute Gasteiger partial charge is 0.155 e. The number of hydrogen-bond acceptors (Lipinski definition) is 4. The second-order valence-electron chi connectivity index (χ2n) is 17.6. The predicted octanol–water partition coefficient (Wildman–Crippen LogP) is 7.84. The molecule has 0 aromatic carbocycles. The van der Waals surface area contributed by atoms with Gasteiger partial charge in [0.1, 0.15) is 5.78 Å².